The minimum absolute atomic E-state index is 0.151. The van der Waals surface area contributed by atoms with Gasteiger partial charge in [0.15, 0.2) is 0 Å². The molecule has 0 aromatic carbocycles. The summed E-state index contributed by atoms with van der Waals surface area (Å²) in [5.41, 5.74) is 0. The van der Waals surface area contributed by atoms with Crippen molar-refractivity contribution in [2.45, 2.75) is 13.0 Å². The SMILES string of the molecule is COCC1CN(C(C)=O)CCN1. The van der Waals surface area contributed by atoms with Crippen LogP contribution in [0, 0.1) is 0 Å². The van der Waals surface area contributed by atoms with Crippen LogP contribution in [0.3, 0.4) is 0 Å². The summed E-state index contributed by atoms with van der Waals surface area (Å²) in [5, 5.41) is 3.29. The van der Waals surface area contributed by atoms with E-state index >= 15 is 0 Å². The topological polar surface area (TPSA) is 41.6 Å². The molecular formula is C8H16N2O2. The van der Waals surface area contributed by atoms with E-state index in [4.69, 9.17) is 4.74 Å². The van der Waals surface area contributed by atoms with Crippen LogP contribution in [-0.4, -0.2) is 50.2 Å². The Labute approximate surface area is 72.9 Å². The number of nitrogens with zero attached hydrogens (tertiary/aromatic N) is 1. The van der Waals surface area contributed by atoms with Gasteiger partial charge < -0.3 is 15.0 Å². The van der Waals surface area contributed by atoms with Crippen LogP contribution in [0.1, 0.15) is 6.92 Å². The van der Waals surface area contributed by atoms with Crippen LogP contribution in [0.5, 0.6) is 0 Å². The lowest BCUT2D eigenvalue weighted by Gasteiger charge is -2.32. The number of ether oxygens (including phenoxy) is 1. The van der Waals surface area contributed by atoms with Crippen molar-refractivity contribution in [3.05, 3.63) is 0 Å². The van der Waals surface area contributed by atoms with Crippen molar-refractivity contribution in [1.82, 2.24) is 10.2 Å². The van der Waals surface area contributed by atoms with Crippen LogP contribution in [0.2, 0.25) is 0 Å². The fourth-order valence-corrected chi connectivity index (χ4v) is 1.42. The van der Waals surface area contributed by atoms with Crippen molar-refractivity contribution in [2.24, 2.45) is 0 Å². The van der Waals surface area contributed by atoms with Gasteiger partial charge in [-0.2, -0.15) is 0 Å². The smallest absolute Gasteiger partial charge is 0.219 e. The summed E-state index contributed by atoms with van der Waals surface area (Å²) in [7, 11) is 1.67. The molecule has 1 rings (SSSR count). The molecule has 0 bridgehead atoms. The molecule has 1 saturated heterocycles. The number of carbonyl (C=O) groups is 1. The number of rotatable bonds is 2. The molecule has 0 spiro atoms. The minimum atomic E-state index is 0.151. The Balaban J connectivity index is 2.35. The van der Waals surface area contributed by atoms with Crippen LogP contribution in [0.4, 0.5) is 0 Å². The second kappa shape index (κ2) is 4.42. The summed E-state index contributed by atoms with van der Waals surface area (Å²) in [4.78, 5) is 12.9. The van der Waals surface area contributed by atoms with Crippen LogP contribution in [0.25, 0.3) is 0 Å². The highest BCUT2D eigenvalue weighted by atomic mass is 16.5. The Morgan fingerprint density at radius 1 is 1.75 bits per heavy atom. The summed E-state index contributed by atoms with van der Waals surface area (Å²) in [6, 6.07) is 0.299. The third-order valence-corrected chi connectivity index (χ3v) is 2.07. The van der Waals surface area contributed by atoms with E-state index in [1.165, 1.54) is 0 Å². The van der Waals surface area contributed by atoms with Gasteiger partial charge in [-0.25, -0.2) is 0 Å². The quantitative estimate of drug-likeness (QED) is 0.608. The van der Waals surface area contributed by atoms with Crippen molar-refractivity contribution in [3.63, 3.8) is 0 Å². The summed E-state index contributed by atoms with van der Waals surface area (Å²) in [6.07, 6.45) is 0. The molecule has 0 radical (unpaired) electrons. The van der Waals surface area contributed by atoms with Gasteiger partial charge in [0, 0.05) is 39.7 Å². The van der Waals surface area contributed by atoms with Gasteiger partial charge in [-0.1, -0.05) is 0 Å². The van der Waals surface area contributed by atoms with Gasteiger partial charge in [0.05, 0.1) is 6.61 Å². The molecule has 1 amide bonds. The molecule has 1 aliphatic heterocycles. The first kappa shape index (κ1) is 9.48. The highest BCUT2D eigenvalue weighted by molar-refractivity contribution is 5.73. The van der Waals surface area contributed by atoms with E-state index in [0.29, 0.717) is 12.6 Å². The summed E-state index contributed by atoms with van der Waals surface area (Å²) < 4.78 is 5.01. The fraction of sp³-hybridized carbons (Fsp3) is 0.875. The molecule has 12 heavy (non-hydrogen) atoms. The lowest BCUT2D eigenvalue weighted by molar-refractivity contribution is -0.130. The highest BCUT2D eigenvalue weighted by Gasteiger charge is 2.20. The Morgan fingerprint density at radius 2 is 2.50 bits per heavy atom. The number of piperazine rings is 1. The zero-order chi connectivity index (χ0) is 8.97. The van der Waals surface area contributed by atoms with E-state index in [2.05, 4.69) is 5.32 Å². The monoisotopic (exact) mass is 172 g/mol. The van der Waals surface area contributed by atoms with E-state index in [9.17, 15) is 4.79 Å². The number of nitrogens with one attached hydrogen (secondary N) is 1. The van der Waals surface area contributed by atoms with Gasteiger partial charge in [-0.05, 0) is 0 Å². The Morgan fingerprint density at radius 3 is 3.08 bits per heavy atom. The second-order valence-electron chi connectivity index (χ2n) is 3.07. The first-order valence-corrected chi connectivity index (χ1v) is 4.22. The van der Waals surface area contributed by atoms with Crippen molar-refractivity contribution in [2.75, 3.05) is 33.4 Å². The molecule has 4 nitrogen and oxygen atoms in total. The van der Waals surface area contributed by atoms with Crippen LogP contribution in [0.15, 0.2) is 0 Å². The predicted octanol–water partition coefficient (Wildman–Crippen LogP) is -0.547. The average Bonchev–Trinajstić information content (AvgIpc) is 2.05. The van der Waals surface area contributed by atoms with E-state index in [1.807, 2.05) is 4.90 Å². The van der Waals surface area contributed by atoms with E-state index in [-0.39, 0.29) is 5.91 Å². The number of amides is 1. The molecule has 0 aliphatic carbocycles. The molecular weight excluding hydrogens is 156 g/mol. The Bertz CT molecular complexity index is 159. The largest absolute Gasteiger partial charge is 0.383 e. The van der Waals surface area contributed by atoms with Gasteiger partial charge in [-0.3, -0.25) is 4.79 Å². The third-order valence-electron chi connectivity index (χ3n) is 2.07. The third kappa shape index (κ3) is 2.46. The lowest BCUT2D eigenvalue weighted by atomic mass is 10.2. The number of carbonyl (C=O) groups excluding carboxylic acids is 1. The number of hydrogen-bond donors (Lipinski definition) is 1. The van der Waals surface area contributed by atoms with Gasteiger partial charge in [0.2, 0.25) is 5.91 Å². The first-order chi connectivity index (χ1) is 5.74. The number of methoxy groups -OCH3 is 1. The molecule has 70 valence electrons. The lowest BCUT2D eigenvalue weighted by Crippen LogP contribution is -2.53. The maximum Gasteiger partial charge on any atom is 0.219 e. The average molecular weight is 172 g/mol. The molecule has 1 N–H and O–H groups in total. The second-order valence-corrected chi connectivity index (χ2v) is 3.07. The summed E-state index contributed by atoms with van der Waals surface area (Å²) in [6.45, 7) is 4.73. The molecule has 1 heterocycles. The molecule has 1 unspecified atom stereocenters. The predicted molar refractivity (Wildman–Crippen MR) is 45.9 cm³/mol. The maximum atomic E-state index is 11.0. The van der Waals surface area contributed by atoms with Crippen LogP contribution in [-0.2, 0) is 9.53 Å². The van der Waals surface area contributed by atoms with Crippen LogP contribution >= 0.6 is 0 Å². The Kier molecular flexibility index (Phi) is 3.49. The zero-order valence-corrected chi connectivity index (χ0v) is 7.67. The molecule has 0 aromatic rings. The molecule has 0 saturated carbocycles. The zero-order valence-electron chi connectivity index (χ0n) is 7.67. The first-order valence-electron chi connectivity index (χ1n) is 4.22. The minimum Gasteiger partial charge on any atom is -0.383 e. The summed E-state index contributed by atoms with van der Waals surface area (Å²) >= 11 is 0. The molecule has 1 aliphatic rings. The maximum absolute atomic E-state index is 11.0. The fourth-order valence-electron chi connectivity index (χ4n) is 1.42. The van der Waals surface area contributed by atoms with Gasteiger partial charge in [-0.15, -0.1) is 0 Å². The van der Waals surface area contributed by atoms with E-state index < -0.39 is 0 Å². The summed E-state index contributed by atoms with van der Waals surface area (Å²) in [5.74, 6) is 0.151. The molecule has 4 heteroatoms. The van der Waals surface area contributed by atoms with Crippen molar-refractivity contribution < 1.29 is 9.53 Å². The number of hydrogen-bond acceptors (Lipinski definition) is 3. The van der Waals surface area contributed by atoms with E-state index in [0.717, 1.165) is 19.6 Å². The molecule has 0 aromatic heterocycles. The van der Waals surface area contributed by atoms with E-state index in [1.54, 1.807) is 14.0 Å². The Hall–Kier alpha value is -0.610. The molecule has 1 atom stereocenters. The van der Waals surface area contributed by atoms with Crippen LogP contribution < -0.4 is 5.32 Å². The van der Waals surface area contributed by atoms with Gasteiger partial charge in [0.1, 0.15) is 0 Å². The highest BCUT2D eigenvalue weighted by Crippen LogP contribution is 1.99. The standard InChI is InChI=1S/C8H16N2O2/c1-7(11)10-4-3-9-8(5-10)6-12-2/h8-9H,3-6H2,1-2H3. The van der Waals surface area contributed by atoms with Crippen molar-refractivity contribution in [1.29, 1.82) is 0 Å². The van der Waals surface area contributed by atoms with Gasteiger partial charge >= 0.3 is 0 Å². The normalized spacial score (nSPS) is 24.2. The van der Waals surface area contributed by atoms with Crippen molar-refractivity contribution >= 4 is 5.91 Å². The van der Waals surface area contributed by atoms with Gasteiger partial charge in [0.25, 0.3) is 0 Å². The van der Waals surface area contributed by atoms with Crippen molar-refractivity contribution in [3.8, 4) is 0 Å². The molecule has 1 fully saturated rings.